The van der Waals surface area contributed by atoms with Crippen molar-refractivity contribution in [2.45, 2.75) is 31.7 Å². The minimum Gasteiger partial charge on any atom is -0.392 e. The number of hydrogen-bond acceptors (Lipinski definition) is 4. The van der Waals surface area contributed by atoms with Crippen LogP contribution in [0.25, 0.3) is 0 Å². The molecular weight excluding hydrogens is 447 g/mol. The molecule has 0 aliphatic carbocycles. The van der Waals surface area contributed by atoms with Gasteiger partial charge in [-0.15, -0.1) is 0 Å². The molecule has 0 radical (unpaired) electrons. The molecule has 2 N–H and O–H groups in total. The highest BCUT2D eigenvalue weighted by Crippen LogP contribution is 2.44. The van der Waals surface area contributed by atoms with Crippen LogP contribution in [0.15, 0.2) is 66.9 Å². The molecule has 6 nitrogen and oxygen atoms in total. The summed E-state index contributed by atoms with van der Waals surface area (Å²) >= 11 is 0. The van der Waals surface area contributed by atoms with E-state index in [4.69, 9.17) is 0 Å². The number of halogens is 3. The van der Waals surface area contributed by atoms with Crippen LogP contribution in [0.4, 0.5) is 19.0 Å². The van der Waals surface area contributed by atoms with Crippen molar-refractivity contribution in [3.8, 4) is 0 Å². The molecule has 0 unspecified atom stereocenters. The predicted molar refractivity (Wildman–Crippen MR) is 119 cm³/mol. The molecule has 0 spiro atoms. The number of amides is 2. The van der Waals surface area contributed by atoms with Crippen LogP contribution in [-0.4, -0.2) is 34.6 Å². The lowest BCUT2D eigenvalue weighted by molar-refractivity contribution is -0.139. The van der Waals surface area contributed by atoms with Gasteiger partial charge in [-0.05, 0) is 41.3 Å². The van der Waals surface area contributed by atoms with Gasteiger partial charge in [-0.1, -0.05) is 48.5 Å². The fourth-order valence-electron chi connectivity index (χ4n) is 4.13. The second-order valence-electron chi connectivity index (χ2n) is 8.11. The van der Waals surface area contributed by atoms with E-state index in [0.717, 1.165) is 5.56 Å². The van der Waals surface area contributed by atoms with Gasteiger partial charge in [0.15, 0.2) is 0 Å². The van der Waals surface area contributed by atoms with E-state index in [1.807, 2.05) is 12.2 Å². The summed E-state index contributed by atoms with van der Waals surface area (Å²) in [4.78, 5) is 32.6. The number of nitrogens with zero attached hydrogens (tertiary/aromatic N) is 2. The first kappa shape index (κ1) is 23.4. The van der Waals surface area contributed by atoms with Crippen molar-refractivity contribution in [3.63, 3.8) is 0 Å². The standard InChI is InChI=1S/C25H22F3N3O3/c1-15-6-11-20(29-12-15)31-22(17-9-7-16(13-32)8-10-17)21(23(33)30-14-25(26,27)28)18-4-2-3-5-19(18)24(31)34/h2-12,21-22,32H,13-14H2,1H3,(H,30,33)/t21-,22+/m1/s1. The summed E-state index contributed by atoms with van der Waals surface area (Å²) in [6.45, 7) is 0.144. The number of aliphatic hydroxyl groups is 1. The third kappa shape index (κ3) is 4.65. The minimum absolute atomic E-state index is 0.203. The summed E-state index contributed by atoms with van der Waals surface area (Å²) in [5.74, 6) is -2.12. The second kappa shape index (κ2) is 9.26. The van der Waals surface area contributed by atoms with E-state index in [-0.39, 0.29) is 18.0 Å². The quantitative estimate of drug-likeness (QED) is 0.591. The van der Waals surface area contributed by atoms with Crippen molar-refractivity contribution in [2.75, 3.05) is 11.4 Å². The van der Waals surface area contributed by atoms with Gasteiger partial charge in [-0.25, -0.2) is 4.98 Å². The number of aliphatic hydroxyl groups excluding tert-OH is 1. The van der Waals surface area contributed by atoms with Crippen LogP contribution in [0, 0.1) is 6.92 Å². The molecule has 0 fully saturated rings. The number of pyridine rings is 1. The average Bonchev–Trinajstić information content (AvgIpc) is 2.83. The minimum atomic E-state index is -4.59. The van der Waals surface area contributed by atoms with Gasteiger partial charge in [0.1, 0.15) is 12.4 Å². The first-order valence-electron chi connectivity index (χ1n) is 10.6. The molecule has 2 atom stereocenters. The van der Waals surface area contributed by atoms with Crippen LogP contribution in [-0.2, 0) is 11.4 Å². The number of carbonyl (C=O) groups excluding carboxylic acids is 2. The molecule has 9 heteroatoms. The summed E-state index contributed by atoms with van der Waals surface area (Å²) < 4.78 is 38.7. The van der Waals surface area contributed by atoms with E-state index in [9.17, 15) is 27.9 Å². The lowest BCUT2D eigenvalue weighted by Crippen LogP contribution is -2.49. The zero-order valence-electron chi connectivity index (χ0n) is 18.2. The van der Waals surface area contributed by atoms with Crippen molar-refractivity contribution >= 4 is 17.6 Å². The van der Waals surface area contributed by atoms with Crippen LogP contribution in [0.2, 0.25) is 0 Å². The third-order valence-electron chi connectivity index (χ3n) is 5.73. The van der Waals surface area contributed by atoms with Gasteiger partial charge in [-0.3, -0.25) is 14.5 Å². The van der Waals surface area contributed by atoms with Crippen LogP contribution < -0.4 is 10.2 Å². The number of hydrogen-bond donors (Lipinski definition) is 2. The van der Waals surface area contributed by atoms with Gasteiger partial charge in [-0.2, -0.15) is 13.2 Å². The van der Waals surface area contributed by atoms with Crippen molar-refractivity contribution in [2.24, 2.45) is 0 Å². The average molecular weight is 469 g/mol. The SMILES string of the molecule is Cc1ccc(N2C(=O)c3ccccc3[C@@H](C(=O)NCC(F)(F)F)[C@@H]2c2ccc(CO)cc2)nc1. The first-order chi connectivity index (χ1) is 16.2. The van der Waals surface area contributed by atoms with Crippen LogP contribution in [0.3, 0.4) is 0 Å². The largest absolute Gasteiger partial charge is 0.405 e. The molecule has 3 aromatic rings. The van der Waals surface area contributed by atoms with Gasteiger partial charge in [0.25, 0.3) is 5.91 Å². The molecule has 176 valence electrons. The Morgan fingerprint density at radius 1 is 1.09 bits per heavy atom. The predicted octanol–water partition coefficient (Wildman–Crippen LogP) is 4.05. The van der Waals surface area contributed by atoms with E-state index in [0.29, 0.717) is 16.7 Å². The molecular formula is C25H22F3N3O3. The van der Waals surface area contributed by atoms with Crippen molar-refractivity contribution in [1.29, 1.82) is 0 Å². The van der Waals surface area contributed by atoms with E-state index >= 15 is 0 Å². The Hall–Kier alpha value is -3.72. The number of aromatic nitrogens is 1. The second-order valence-corrected chi connectivity index (χ2v) is 8.11. The lowest BCUT2D eigenvalue weighted by Gasteiger charge is -2.41. The Kier molecular flexibility index (Phi) is 6.39. The number of rotatable bonds is 5. The van der Waals surface area contributed by atoms with E-state index < -0.39 is 36.5 Å². The maximum absolute atomic E-state index is 13.6. The number of benzene rings is 2. The van der Waals surface area contributed by atoms with Crippen molar-refractivity contribution < 1.29 is 27.9 Å². The van der Waals surface area contributed by atoms with E-state index in [1.54, 1.807) is 66.9 Å². The van der Waals surface area contributed by atoms with Gasteiger partial charge in [0, 0.05) is 11.8 Å². The van der Waals surface area contributed by atoms with Gasteiger partial charge < -0.3 is 10.4 Å². The van der Waals surface area contributed by atoms with Crippen LogP contribution in [0.5, 0.6) is 0 Å². The number of fused-ring (bicyclic) bond motifs is 1. The number of anilines is 1. The Balaban J connectivity index is 1.90. The fourth-order valence-corrected chi connectivity index (χ4v) is 4.13. The summed E-state index contributed by atoms with van der Waals surface area (Å²) in [5.41, 5.74) is 2.56. The Labute approximate surface area is 194 Å². The third-order valence-corrected chi connectivity index (χ3v) is 5.73. The highest BCUT2D eigenvalue weighted by Gasteiger charge is 2.45. The molecule has 0 bridgehead atoms. The summed E-state index contributed by atoms with van der Waals surface area (Å²) in [5, 5.41) is 11.4. The maximum Gasteiger partial charge on any atom is 0.405 e. The molecule has 1 aliphatic heterocycles. The first-order valence-corrected chi connectivity index (χ1v) is 10.6. The molecule has 1 aromatic heterocycles. The van der Waals surface area contributed by atoms with Crippen LogP contribution >= 0.6 is 0 Å². The highest BCUT2D eigenvalue weighted by molar-refractivity contribution is 6.11. The normalized spacial score (nSPS) is 17.9. The summed E-state index contributed by atoms with van der Waals surface area (Å²) in [7, 11) is 0. The molecule has 2 aromatic carbocycles. The lowest BCUT2D eigenvalue weighted by atomic mass is 9.79. The topological polar surface area (TPSA) is 82.5 Å². The smallest absolute Gasteiger partial charge is 0.392 e. The van der Waals surface area contributed by atoms with Crippen LogP contribution in [0.1, 0.15) is 44.6 Å². The van der Waals surface area contributed by atoms with E-state index in [1.165, 1.54) is 4.90 Å². The summed E-state index contributed by atoms with van der Waals surface area (Å²) in [6.07, 6.45) is -3.01. The highest BCUT2D eigenvalue weighted by atomic mass is 19.4. The monoisotopic (exact) mass is 469 g/mol. The maximum atomic E-state index is 13.6. The van der Waals surface area contributed by atoms with E-state index in [2.05, 4.69) is 4.98 Å². The zero-order chi connectivity index (χ0) is 24.5. The molecule has 34 heavy (non-hydrogen) atoms. The fraction of sp³-hybridized carbons (Fsp3) is 0.240. The molecule has 2 heterocycles. The Morgan fingerprint density at radius 3 is 2.41 bits per heavy atom. The van der Waals surface area contributed by atoms with Crippen molar-refractivity contribution in [3.05, 3.63) is 94.7 Å². The Bertz CT molecular complexity index is 1190. The molecule has 0 saturated heterocycles. The Morgan fingerprint density at radius 2 is 1.79 bits per heavy atom. The summed E-state index contributed by atoms with van der Waals surface area (Å²) in [6, 6.07) is 15.5. The van der Waals surface area contributed by atoms with Gasteiger partial charge in [0.2, 0.25) is 5.91 Å². The number of alkyl halides is 3. The zero-order valence-corrected chi connectivity index (χ0v) is 18.2. The molecule has 2 amide bonds. The van der Waals surface area contributed by atoms with Crippen molar-refractivity contribution in [1.82, 2.24) is 10.3 Å². The molecule has 4 rings (SSSR count). The molecule has 0 saturated carbocycles. The number of aryl methyl sites for hydroxylation is 1. The number of nitrogens with one attached hydrogen (secondary N) is 1. The van der Waals surface area contributed by atoms with Gasteiger partial charge in [0.05, 0.1) is 18.6 Å². The number of carbonyl (C=O) groups is 2. The molecule has 1 aliphatic rings. The van der Waals surface area contributed by atoms with Gasteiger partial charge >= 0.3 is 6.18 Å².